The van der Waals surface area contributed by atoms with E-state index in [1.54, 1.807) is 30.5 Å². The van der Waals surface area contributed by atoms with Crippen LogP contribution in [0.2, 0.25) is 0 Å². The number of anilines is 1. The van der Waals surface area contributed by atoms with Gasteiger partial charge in [0, 0.05) is 11.3 Å². The minimum absolute atomic E-state index is 0.493. The lowest BCUT2D eigenvalue weighted by Crippen LogP contribution is -2.32. The molecule has 0 heterocycles. The van der Waals surface area contributed by atoms with Crippen LogP contribution < -0.4 is 15.5 Å². The summed E-state index contributed by atoms with van der Waals surface area (Å²) in [4.78, 5) is 24.3. The summed E-state index contributed by atoms with van der Waals surface area (Å²) in [5.41, 5.74) is 3.68. The van der Waals surface area contributed by atoms with E-state index in [4.69, 9.17) is 4.74 Å². The highest BCUT2D eigenvalue weighted by molar-refractivity contribution is 6.39. The summed E-state index contributed by atoms with van der Waals surface area (Å²) in [6.07, 6.45) is 1.58. The van der Waals surface area contributed by atoms with E-state index in [2.05, 4.69) is 21.9 Å². The molecule has 0 aliphatic rings. The summed E-state index contributed by atoms with van der Waals surface area (Å²) in [5.74, 6) is -0.962. The van der Waals surface area contributed by atoms with E-state index in [0.717, 1.165) is 27.1 Å². The van der Waals surface area contributed by atoms with Crippen molar-refractivity contribution in [2.24, 2.45) is 5.10 Å². The fourth-order valence-electron chi connectivity index (χ4n) is 3.38. The van der Waals surface area contributed by atoms with E-state index < -0.39 is 11.8 Å². The first-order valence-corrected chi connectivity index (χ1v) is 9.93. The molecule has 0 aliphatic carbocycles. The Balaban J connectivity index is 1.49. The number of hydrogen-bond donors (Lipinski definition) is 2. The second-order valence-electron chi connectivity index (χ2n) is 6.84. The number of benzene rings is 4. The number of hydrazone groups is 1. The van der Waals surface area contributed by atoms with Crippen molar-refractivity contribution in [2.75, 3.05) is 11.9 Å². The lowest BCUT2D eigenvalue weighted by atomic mass is 9.97. The van der Waals surface area contributed by atoms with E-state index in [-0.39, 0.29) is 0 Å². The van der Waals surface area contributed by atoms with Crippen LogP contribution in [0.25, 0.3) is 21.5 Å². The third-order valence-corrected chi connectivity index (χ3v) is 4.80. The zero-order valence-corrected chi connectivity index (χ0v) is 17.0. The molecule has 4 rings (SSSR count). The molecule has 4 aromatic carbocycles. The predicted octanol–water partition coefficient (Wildman–Crippen LogP) is 4.48. The molecule has 0 saturated carbocycles. The van der Waals surface area contributed by atoms with Crippen molar-refractivity contribution in [3.63, 3.8) is 0 Å². The van der Waals surface area contributed by atoms with E-state index in [0.29, 0.717) is 18.0 Å². The molecule has 0 aromatic heterocycles. The summed E-state index contributed by atoms with van der Waals surface area (Å²) in [7, 11) is 0. The Labute approximate surface area is 179 Å². The van der Waals surface area contributed by atoms with Crippen LogP contribution in [-0.4, -0.2) is 24.6 Å². The van der Waals surface area contributed by atoms with Crippen molar-refractivity contribution in [1.82, 2.24) is 5.43 Å². The molecule has 31 heavy (non-hydrogen) atoms. The Morgan fingerprint density at radius 1 is 0.871 bits per heavy atom. The van der Waals surface area contributed by atoms with Crippen molar-refractivity contribution in [1.29, 1.82) is 0 Å². The van der Waals surface area contributed by atoms with Gasteiger partial charge in [-0.15, -0.1) is 0 Å². The van der Waals surface area contributed by atoms with Crippen LogP contribution in [-0.2, 0) is 9.59 Å². The summed E-state index contributed by atoms with van der Waals surface area (Å²) >= 11 is 0. The third kappa shape index (κ3) is 4.53. The van der Waals surface area contributed by atoms with Gasteiger partial charge in [0.2, 0.25) is 0 Å². The van der Waals surface area contributed by atoms with Crippen molar-refractivity contribution in [3.8, 4) is 5.75 Å². The van der Waals surface area contributed by atoms with Gasteiger partial charge in [-0.3, -0.25) is 9.59 Å². The van der Waals surface area contributed by atoms with Gasteiger partial charge in [-0.1, -0.05) is 48.5 Å². The second kappa shape index (κ2) is 9.09. The molecular weight excluding hydrogens is 390 g/mol. The Morgan fingerprint density at radius 2 is 1.48 bits per heavy atom. The van der Waals surface area contributed by atoms with E-state index >= 15 is 0 Å². The highest BCUT2D eigenvalue weighted by atomic mass is 16.5. The van der Waals surface area contributed by atoms with Crippen LogP contribution in [0, 0.1) is 0 Å². The molecular formula is C25H21N3O3. The van der Waals surface area contributed by atoms with Gasteiger partial charge < -0.3 is 10.1 Å². The topological polar surface area (TPSA) is 79.8 Å². The fourth-order valence-corrected chi connectivity index (χ4v) is 3.38. The summed E-state index contributed by atoms with van der Waals surface area (Å²) in [6, 6.07) is 24.8. The largest absolute Gasteiger partial charge is 0.494 e. The van der Waals surface area contributed by atoms with Crippen LogP contribution in [0.5, 0.6) is 5.75 Å². The van der Waals surface area contributed by atoms with E-state index in [1.807, 2.05) is 55.5 Å². The molecule has 0 aliphatic heterocycles. The molecule has 0 bridgehead atoms. The first kappa shape index (κ1) is 20.1. The van der Waals surface area contributed by atoms with Gasteiger partial charge in [-0.2, -0.15) is 5.10 Å². The van der Waals surface area contributed by atoms with E-state index in [9.17, 15) is 9.59 Å². The molecule has 0 radical (unpaired) electrons. The minimum atomic E-state index is -0.852. The van der Waals surface area contributed by atoms with Gasteiger partial charge in [0.15, 0.2) is 0 Å². The predicted molar refractivity (Wildman–Crippen MR) is 123 cm³/mol. The molecule has 154 valence electrons. The standard InChI is InChI=1S/C25H21N3O3/c1-2-31-20-13-11-19(12-14-20)27-24(29)25(30)28-26-16-23-21-9-5-3-7-17(21)15-18-8-4-6-10-22(18)23/h3-16H,2H2,1H3,(H,27,29)(H,28,30)/b26-16+. The zero-order valence-electron chi connectivity index (χ0n) is 17.0. The number of amides is 2. The first-order valence-electron chi connectivity index (χ1n) is 9.93. The molecule has 4 aromatic rings. The average Bonchev–Trinajstić information content (AvgIpc) is 2.80. The normalized spacial score (nSPS) is 11.0. The highest BCUT2D eigenvalue weighted by Gasteiger charge is 2.13. The van der Waals surface area contributed by atoms with Gasteiger partial charge in [0.25, 0.3) is 0 Å². The smallest absolute Gasteiger partial charge is 0.329 e. The minimum Gasteiger partial charge on any atom is -0.494 e. The van der Waals surface area contributed by atoms with Crippen molar-refractivity contribution >= 4 is 45.3 Å². The maximum absolute atomic E-state index is 12.2. The Kier molecular flexibility index (Phi) is 5.89. The molecule has 0 atom stereocenters. The van der Waals surface area contributed by atoms with E-state index in [1.165, 1.54) is 0 Å². The number of nitrogens with zero attached hydrogens (tertiary/aromatic N) is 1. The summed E-state index contributed by atoms with van der Waals surface area (Å²) in [5, 5.41) is 10.7. The van der Waals surface area contributed by atoms with Gasteiger partial charge in [-0.05, 0) is 58.8 Å². The van der Waals surface area contributed by atoms with Crippen LogP contribution in [0.1, 0.15) is 12.5 Å². The Morgan fingerprint density at radius 3 is 2.10 bits per heavy atom. The van der Waals surface area contributed by atoms with Gasteiger partial charge in [0.05, 0.1) is 12.8 Å². The number of fused-ring (bicyclic) bond motifs is 2. The number of rotatable bonds is 5. The van der Waals surface area contributed by atoms with Crippen molar-refractivity contribution < 1.29 is 14.3 Å². The Hall–Kier alpha value is -4.19. The molecule has 0 unspecified atom stereocenters. The Bertz CT molecular complexity index is 1230. The number of nitrogens with one attached hydrogen (secondary N) is 2. The lowest BCUT2D eigenvalue weighted by Gasteiger charge is -2.08. The molecule has 6 heteroatoms. The second-order valence-corrected chi connectivity index (χ2v) is 6.84. The first-order chi connectivity index (χ1) is 15.2. The maximum atomic E-state index is 12.2. The fraction of sp³-hybridized carbons (Fsp3) is 0.0800. The average molecular weight is 411 g/mol. The molecule has 2 amide bonds. The molecule has 0 spiro atoms. The van der Waals surface area contributed by atoms with Gasteiger partial charge >= 0.3 is 11.8 Å². The SMILES string of the molecule is CCOc1ccc(NC(=O)C(=O)N/N=C/c2c3ccccc3cc3ccccc23)cc1. The number of ether oxygens (including phenoxy) is 1. The third-order valence-electron chi connectivity index (χ3n) is 4.80. The highest BCUT2D eigenvalue weighted by Crippen LogP contribution is 2.27. The monoisotopic (exact) mass is 411 g/mol. The van der Waals surface area contributed by atoms with Gasteiger partial charge in [-0.25, -0.2) is 5.43 Å². The quantitative estimate of drug-likeness (QED) is 0.220. The number of carbonyl (C=O) groups excluding carboxylic acids is 2. The zero-order chi connectivity index (χ0) is 21.6. The molecule has 6 nitrogen and oxygen atoms in total. The molecule has 0 fully saturated rings. The van der Waals surface area contributed by atoms with Gasteiger partial charge in [0.1, 0.15) is 5.75 Å². The number of carbonyl (C=O) groups is 2. The van der Waals surface area contributed by atoms with Crippen LogP contribution in [0.15, 0.2) is 84.0 Å². The lowest BCUT2D eigenvalue weighted by molar-refractivity contribution is -0.136. The van der Waals surface area contributed by atoms with Crippen LogP contribution >= 0.6 is 0 Å². The molecule has 0 saturated heterocycles. The summed E-state index contributed by atoms with van der Waals surface area (Å²) in [6.45, 7) is 2.44. The van der Waals surface area contributed by atoms with Crippen LogP contribution in [0.4, 0.5) is 5.69 Å². The van der Waals surface area contributed by atoms with Crippen molar-refractivity contribution in [3.05, 3.63) is 84.4 Å². The summed E-state index contributed by atoms with van der Waals surface area (Å²) < 4.78 is 5.36. The number of hydrogen-bond acceptors (Lipinski definition) is 4. The van der Waals surface area contributed by atoms with Crippen molar-refractivity contribution in [2.45, 2.75) is 6.92 Å². The van der Waals surface area contributed by atoms with Crippen LogP contribution in [0.3, 0.4) is 0 Å². The maximum Gasteiger partial charge on any atom is 0.329 e. The molecule has 2 N–H and O–H groups in total.